The zero-order chi connectivity index (χ0) is 14.8. The number of aliphatic imine (C=N–C) groups is 1. The number of nitrogens with one attached hydrogen (secondary N) is 2. The molecule has 1 aliphatic carbocycles. The smallest absolute Gasteiger partial charge is 0.191 e. The van der Waals surface area contributed by atoms with Crippen molar-refractivity contribution >= 4 is 41.7 Å². The van der Waals surface area contributed by atoms with E-state index in [4.69, 9.17) is 4.74 Å². The molecule has 0 spiro atoms. The highest BCUT2D eigenvalue weighted by Crippen LogP contribution is 2.41. The molecule has 0 aromatic heterocycles. The maximum Gasteiger partial charge on any atom is 0.191 e. The number of methoxy groups -OCH3 is 1. The van der Waals surface area contributed by atoms with Crippen molar-refractivity contribution in [1.29, 1.82) is 0 Å². The Morgan fingerprint density at radius 1 is 1.43 bits per heavy atom. The normalized spacial score (nSPS) is 25.0. The Bertz CT molecular complexity index is 308. The molecule has 0 saturated heterocycles. The Balaban J connectivity index is 0.00000400. The fourth-order valence-electron chi connectivity index (χ4n) is 2.20. The predicted molar refractivity (Wildman–Crippen MR) is 102 cm³/mol. The van der Waals surface area contributed by atoms with Crippen LogP contribution in [0, 0.1) is 0 Å². The molecule has 3 N–H and O–H groups in total. The van der Waals surface area contributed by atoms with Crippen LogP contribution in [0.15, 0.2) is 4.99 Å². The van der Waals surface area contributed by atoms with Gasteiger partial charge in [-0.3, -0.25) is 4.99 Å². The van der Waals surface area contributed by atoms with Crippen LogP contribution in [-0.4, -0.2) is 61.0 Å². The lowest BCUT2D eigenvalue weighted by Crippen LogP contribution is -2.53. The minimum Gasteiger partial charge on any atom is -0.387 e. The van der Waals surface area contributed by atoms with Crippen molar-refractivity contribution in [3.8, 4) is 0 Å². The first-order valence-corrected chi connectivity index (χ1v) is 8.56. The molecule has 0 heterocycles. The van der Waals surface area contributed by atoms with Crippen LogP contribution in [0.5, 0.6) is 0 Å². The molecule has 2 unspecified atom stereocenters. The third kappa shape index (κ3) is 7.38. The van der Waals surface area contributed by atoms with Crippen LogP contribution in [0.4, 0.5) is 0 Å². The Morgan fingerprint density at radius 3 is 2.71 bits per heavy atom. The molecule has 1 rings (SSSR count). The van der Waals surface area contributed by atoms with Crippen LogP contribution in [0.2, 0.25) is 0 Å². The summed E-state index contributed by atoms with van der Waals surface area (Å²) in [7, 11) is 1.71. The fraction of sp³-hybridized carbons (Fsp3) is 0.929. The van der Waals surface area contributed by atoms with E-state index in [9.17, 15) is 5.11 Å². The summed E-state index contributed by atoms with van der Waals surface area (Å²) in [6.45, 7) is 7.04. The Labute approximate surface area is 150 Å². The summed E-state index contributed by atoms with van der Waals surface area (Å²) in [5, 5.41) is 17.3. The van der Waals surface area contributed by atoms with Gasteiger partial charge in [0.25, 0.3) is 0 Å². The van der Waals surface area contributed by atoms with Crippen LogP contribution >= 0.6 is 35.7 Å². The molecule has 21 heavy (non-hydrogen) atoms. The van der Waals surface area contributed by atoms with Crippen molar-refractivity contribution in [2.24, 2.45) is 4.99 Å². The molecule has 0 bridgehead atoms. The second-order valence-electron chi connectivity index (χ2n) is 5.05. The predicted octanol–water partition coefficient (Wildman–Crippen LogP) is 1.84. The lowest BCUT2D eigenvalue weighted by atomic mass is 9.79. The Kier molecular flexibility index (Phi) is 11.9. The summed E-state index contributed by atoms with van der Waals surface area (Å²) in [6.07, 6.45) is 2.90. The highest BCUT2D eigenvalue weighted by molar-refractivity contribution is 14.0. The number of nitrogens with zero attached hydrogens (tertiary/aromatic N) is 1. The van der Waals surface area contributed by atoms with Crippen molar-refractivity contribution in [2.75, 3.05) is 39.1 Å². The van der Waals surface area contributed by atoms with Crippen LogP contribution in [-0.2, 0) is 4.74 Å². The highest BCUT2D eigenvalue weighted by atomic mass is 127. The van der Waals surface area contributed by atoms with E-state index in [1.165, 1.54) is 0 Å². The van der Waals surface area contributed by atoms with Gasteiger partial charge in [0.05, 0.1) is 12.1 Å². The first-order chi connectivity index (χ1) is 9.66. The number of thioether (sulfide) groups is 1. The molecular formula is C14H30IN3O2S. The summed E-state index contributed by atoms with van der Waals surface area (Å²) in [6, 6.07) is 0. The molecule has 1 aliphatic rings. The second-order valence-corrected chi connectivity index (χ2v) is 6.53. The molecule has 0 amide bonds. The van der Waals surface area contributed by atoms with E-state index in [2.05, 4.69) is 22.5 Å². The summed E-state index contributed by atoms with van der Waals surface area (Å²) >= 11 is 1.84. The Morgan fingerprint density at radius 2 is 2.19 bits per heavy atom. The van der Waals surface area contributed by atoms with E-state index in [-0.39, 0.29) is 24.0 Å². The number of guanidine groups is 1. The minimum absolute atomic E-state index is 0. The molecule has 1 fully saturated rings. The molecule has 7 heteroatoms. The Hall–Kier alpha value is 0.270. The standard InChI is InChI=1S/C14H29N3O2S.HI/c1-4-15-13(16-9-6-10-19-3)17-11-14(18)8-7-12(14)20-5-2;/h12,18H,4-11H2,1-3H3,(H2,15,16,17);1H. The van der Waals surface area contributed by atoms with E-state index in [0.717, 1.165) is 50.7 Å². The number of halogens is 1. The largest absolute Gasteiger partial charge is 0.387 e. The van der Waals surface area contributed by atoms with Gasteiger partial charge in [-0.2, -0.15) is 11.8 Å². The third-order valence-electron chi connectivity index (χ3n) is 3.48. The zero-order valence-electron chi connectivity index (χ0n) is 13.4. The number of hydrogen-bond donors (Lipinski definition) is 3. The van der Waals surface area contributed by atoms with Crippen molar-refractivity contribution in [2.45, 2.75) is 44.0 Å². The third-order valence-corrected chi connectivity index (χ3v) is 4.89. The molecule has 1 saturated carbocycles. The molecule has 0 aromatic rings. The van der Waals surface area contributed by atoms with E-state index >= 15 is 0 Å². The molecule has 0 aliphatic heterocycles. The average Bonchev–Trinajstić information content (AvgIpc) is 2.45. The van der Waals surface area contributed by atoms with Gasteiger partial charge in [0.2, 0.25) is 0 Å². The molecule has 126 valence electrons. The summed E-state index contributed by atoms with van der Waals surface area (Å²) in [5.41, 5.74) is -0.616. The summed E-state index contributed by atoms with van der Waals surface area (Å²) < 4.78 is 5.02. The summed E-state index contributed by atoms with van der Waals surface area (Å²) in [4.78, 5) is 4.53. The van der Waals surface area contributed by atoms with Crippen LogP contribution < -0.4 is 10.6 Å². The van der Waals surface area contributed by atoms with Gasteiger partial charge in [-0.25, -0.2) is 0 Å². The van der Waals surface area contributed by atoms with Gasteiger partial charge in [0.15, 0.2) is 5.96 Å². The van der Waals surface area contributed by atoms with Crippen LogP contribution in [0.1, 0.15) is 33.1 Å². The SMILES string of the molecule is CCNC(=NCC1(O)CCC1SCC)NCCCOC.I. The van der Waals surface area contributed by atoms with Gasteiger partial charge in [0.1, 0.15) is 0 Å². The highest BCUT2D eigenvalue weighted by Gasteiger charge is 2.45. The van der Waals surface area contributed by atoms with Gasteiger partial charge >= 0.3 is 0 Å². The van der Waals surface area contributed by atoms with E-state index < -0.39 is 5.60 Å². The topological polar surface area (TPSA) is 65.9 Å². The lowest BCUT2D eigenvalue weighted by Gasteiger charge is -2.44. The zero-order valence-corrected chi connectivity index (χ0v) is 16.5. The number of ether oxygens (including phenoxy) is 1. The molecule has 5 nitrogen and oxygen atoms in total. The van der Waals surface area contributed by atoms with Gasteiger partial charge in [-0.05, 0) is 31.9 Å². The van der Waals surface area contributed by atoms with Gasteiger partial charge in [-0.1, -0.05) is 6.92 Å². The quantitative estimate of drug-likeness (QED) is 0.225. The number of rotatable bonds is 9. The van der Waals surface area contributed by atoms with E-state index in [0.29, 0.717) is 11.8 Å². The summed E-state index contributed by atoms with van der Waals surface area (Å²) in [5.74, 6) is 1.83. The number of hydrogen-bond acceptors (Lipinski definition) is 4. The number of aliphatic hydroxyl groups is 1. The minimum atomic E-state index is -0.616. The van der Waals surface area contributed by atoms with Crippen LogP contribution in [0.25, 0.3) is 0 Å². The van der Waals surface area contributed by atoms with Crippen molar-refractivity contribution in [3.05, 3.63) is 0 Å². The van der Waals surface area contributed by atoms with Crippen molar-refractivity contribution in [1.82, 2.24) is 10.6 Å². The molecule has 0 aromatic carbocycles. The first-order valence-electron chi connectivity index (χ1n) is 7.51. The fourth-order valence-corrected chi connectivity index (χ4v) is 3.39. The van der Waals surface area contributed by atoms with Gasteiger partial charge in [-0.15, -0.1) is 24.0 Å². The van der Waals surface area contributed by atoms with E-state index in [1.54, 1.807) is 7.11 Å². The van der Waals surface area contributed by atoms with Crippen LogP contribution in [0.3, 0.4) is 0 Å². The van der Waals surface area contributed by atoms with Gasteiger partial charge < -0.3 is 20.5 Å². The average molecular weight is 431 g/mol. The van der Waals surface area contributed by atoms with Crippen molar-refractivity contribution < 1.29 is 9.84 Å². The van der Waals surface area contributed by atoms with Crippen molar-refractivity contribution in [3.63, 3.8) is 0 Å². The monoisotopic (exact) mass is 431 g/mol. The molecule has 0 radical (unpaired) electrons. The second kappa shape index (κ2) is 11.8. The maximum absolute atomic E-state index is 10.5. The van der Waals surface area contributed by atoms with Gasteiger partial charge in [0, 0.05) is 32.1 Å². The maximum atomic E-state index is 10.5. The van der Waals surface area contributed by atoms with E-state index in [1.807, 2.05) is 18.7 Å². The first kappa shape index (κ1) is 21.3. The molecular weight excluding hydrogens is 401 g/mol. The molecule has 2 atom stereocenters. The lowest BCUT2D eigenvalue weighted by molar-refractivity contribution is -0.0154.